The number of rotatable bonds is 5. The number of benzene rings is 2. The van der Waals surface area contributed by atoms with Gasteiger partial charge in [-0.2, -0.15) is 0 Å². The molecular weight excluding hydrogens is 342 g/mol. The van der Waals surface area contributed by atoms with Crippen LogP contribution >= 0.6 is 15.9 Å². The second-order valence-corrected chi connectivity index (χ2v) is 5.32. The van der Waals surface area contributed by atoms with Crippen molar-refractivity contribution in [1.82, 2.24) is 0 Å². The van der Waals surface area contributed by atoms with Gasteiger partial charge in [0.15, 0.2) is 5.78 Å². The molecule has 2 rings (SSSR count). The summed E-state index contributed by atoms with van der Waals surface area (Å²) in [7, 11) is 0. The van der Waals surface area contributed by atoms with E-state index in [1.54, 1.807) is 18.2 Å². The number of carbonyl (C=O) groups is 1. The molecule has 0 saturated heterocycles. The smallest absolute Gasteiger partial charge is 0.171 e. The molecule has 0 aromatic heterocycles. The Labute approximate surface area is 129 Å². The van der Waals surface area contributed by atoms with Gasteiger partial charge in [0.1, 0.15) is 17.4 Å². The van der Waals surface area contributed by atoms with Crippen LogP contribution in [-0.2, 0) is 6.42 Å². The van der Waals surface area contributed by atoms with E-state index in [4.69, 9.17) is 4.74 Å². The maximum absolute atomic E-state index is 13.6. The van der Waals surface area contributed by atoms with Crippen molar-refractivity contribution in [3.05, 3.63) is 63.6 Å². The molecule has 5 heteroatoms. The molecule has 2 aromatic rings. The molecule has 0 spiro atoms. The Kier molecular flexibility index (Phi) is 5.07. The van der Waals surface area contributed by atoms with E-state index in [1.807, 2.05) is 6.92 Å². The van der Waals surface area contributed by atoms with Gasteiger partial charge in [-0.3, -0.25) is 4.79 Å². The Hall–Kier alpha value is -1.75. The van der Waals surface area contributed by atoms with Crippen LogP contribution in [0.4, 0.5) is 8.78 Å². The summed E-state index contributed by atoms with van der Waals surface area (Å²) in [6, 6.07) is 8.26. The Morgan fingerprint density at radius 2 is 1.95 bits per heavy atom. The van der Waals surface area contributed by atoms with Gasteiger partial charge in [-0.05, 0) is 36.8 Å². The van der Waals surface area contributed by atoms with Crippen molar-refractivity contribution in [3.8, 4) is 5.75 Å². The SMILES string of the molecule is CCOc1ccc(Br)cc1C(=O)Cc1ccc(F)cc1F. The quantitative estimate of drug-likeness (QED) is 0.736. The number of halogens is 3. The van der Waals surface area contributed by atoms with E-state index in [1.165, 1.54) is 6.07 Å². The Balaban J connectivity index is 2.29. The summed E-state index contributed by atoms with van der Waals surface area (Å²) in [5.74, 6) is -1.23. The highest BCUT2D eigenvalue weighted by Crippen LogP contribution is 2.25. The molecule has 0 saturated carbocycles. The number of hydrogen-bond acceptors (Lipinski definition) is 2. The van der Waals surface area contributed by atoms with Crippen LogP contribution in [0.3, 0.4) is 0 Å². The topological polar surface area (TPSA) is 26.3 Å². The van der Waals surface area contributed by atoms with E-state index >= 15 is 0 Å². The molecule has 0 unspecified atom stereocenters. The van der Waals surface area contributed by atoms with E-state index in [2.05, 4.69) is 15.9 Å². The van der Waals surface area contributed by atoms with Crippen LogP contribution in [0.5, 0.6) is 5.75 Å². The van der Waals surface area contributed by atoms with Gasteiger partial charge in [-0.15, -0.1) is 0 Å². The Morgan fingerprint density at radius 3 is 2.62 bits per heavy atom. The highest BCUT2D eigenvalue weighted by atomic mass is 79.9. The number of ketones is 1. The van der Waals surface area contributed by atoms with Crippen LogP contribution in [-0.4, -0.2) is 12.4 Å². The molecule has 0 aliphatic carbocycles. The molecule has 0 N–H and O–H groups in total. The van der Waals surface area contributed by atoms with Crippen molar-refractivity contribution in [2.45, 2.75) is 13.3 Å². The lowest BCUT2D eigenvalue weighted by Gasteiger charge is -2.10. The average molecular weight is 355 g/mol. The summed E-state index contributed by atoms with van der Waals surface area (Å²) >= 11 is 3.29. The van der Waals surface area contributed by atoms with Crippen molar-refractivity contribution < 1.29 is 18.3 Å². The van der Waals surface area contributed by atoms with E-state index in [-0.39, 0.29) is 17.8 Å². The first-order chi connectivity index (χ1) is 10.0. The predicted octanol–water partition coefficient (Wildman–Crippen LogP) is 4.55. The molecule has 0 atom stereocenters. The van der Waals surface area contributed by atoms with Crippen LogP contribution < -0.4 is 4.74 Å². The summed E-state index contributed by atoms with van der Waals surface area (Å²) in [5.41, 5.74) is 0.527. The highest BCUT2D eigenvalue weighted by molar-refractivity contribution is 9.10. The molecule has 0 fully saturated rings. The Bertz CT molecular complexity index is 671. The maximum atomic E-state index is 13.6. The van der Waals surface area contributed by atoms with Gasteiger partial charge in [0.2, 0.25) is 0 Å². The average Bonchev–Trinajstić information content (AvgIpc) is 2.44. The number of hydrogen-bond donors (Lipinski definition) is 0. The summed E-state index contributed by atoms with van der Waals surface area (Å²) in [6.45, 7) is 2.24. The van der Waals surface area contributed by atoms with Crippen LogP contribution in [0.15, 0.2) is 40.9 Å². The first kappa shape index (κ1) is 15.6. The first-order valence-corrected chi connectivity index (χ1v) is 7.20. The number of ether oxygens (including phenoxy) is 1. The lowest BCUT2D eigenvalue weighted by Crippen LogP contribution is -2.08. The van der Waals surface area contributed by atoms with Gasteiger partial charge in [0.25, 0.3) is 0 Å². The third kappa shape index (κ3) is 3.88. The molecule has 2 nitrogen and oxygen atoms in total. The standard InChI is InChI=1S/C16H13BrF2O2/c1-2-21-16-6-4-11(17)8-13(16)15(20)7-10-3-5-12(18)9-14(10)19/h3-6,8-9H,2,7H2,1H3. The molecule has 0 bridgehead atoms. The van der Waals surface area contributed by atoms with E-state index < -0.39 is 11.6 Å². The summed E-state index contributed by atoms with van der Waals surface area (Å²) in [6.07, 6.45) is -0.150. The van der Waals surface area contributed by atoms with Gasteiger partial charge in [0.05, 0.1) is 12.2 Å². The van der Waals surface area contributed by atoms with E-state index in [9.17, 15) is 13.6 Å². The van der Waals surface area contributed by atoms with Gasteiger partial charge < -0.3 is 4.74 Å². The van der Waals surface area contributed by atoms with Crippen molar-refractivity contribution in [1.29, 1.82) is 0 Å². The second kappa shape index (κ2) is 6.80. The minimum absolute atomic E-state index is 0.150. The van der Waals surface area contributed by atoms with Gasteiger partial charge in [-0.1, -0.05) is 22.0 Å². The molecule has 2 aromatic carbocycles. The molecule has 0 heterocycles. The molecule has 0 aliphatic rings. The zero-order valence-corrected chi connectivity index (χ0v) is 12.9. The fourth-order valence-corrected chi connectivity index (χ4v) is 2.30. The molecule has 0 amide bonds. The minimum Gasteiger partial charge on any atom is -0.493 e. The third-order valence-electron chi connectivity index (χ3n) is 2.91. The van der Waals surface area contributed by atoms with E-state index in [0.717, 1.165) is 16.6 Å². The summed E-state index contributed by atoms with van der Waals surface area (Å²) in [5, 5.41) is 0. The van der Waals surface area contributed by atoms with Crippen LogP contribution in [0.25, 0.3) is 0 Å². The predicted molar refractivity (Wildman–Crippen MR) is 79.7 cm³/mol. The van der Waals surface area contributed by atoms with Gasteiger partial charge >= 0.3 is 0 Å². The first-order valence-electron chi connectivity index (χ1n) is 6.40. The monoisotopic (exact) mass is 354 g/mol. The largest absolute Gasteiger partial charge is 0.493 e. The zero-order chi connectivity index (χ0) is 15.4. The number of carbonyl (C=O) groups excluding carboxylic acids is 1. The van der Waals surface area contributed by atoms with Crippen LogP contribution in [0.2, 0.25) is 0 Å². The maximum Gasteiger partial charge on any atom is 0.171 e. The zero-order valence-electron chi connectivity index (χ0n) is 11.3. The van der Waals surface area contributed by atoms with Crippen LogP contribution in [0, 0.1) is 11.6 Å². The van der Waals surface area contributed by atoms with Crippen molar-refractivity contribution in [2.75, 3.05) is 6.61 Å². The fourth-order valence-electron chi connectivity index (χ4n) is 1.93. The lowest BCUT2D eigenvalue weighted by molar-refractivity contribution is 0.0988. The number of Topliss-reactive ketones (excluding diaryl/α,β-unsaturated/α-hetero) is 1. The second-order valence-electron chi connectivity index (χ2n) is 4.41. The molecule has 0 radical (unpaired) electrons. The normalized spacial score (nSPS) is 10.5. The van der Waals surface area contributed by atoms with Crippen LogP contribution in [0.1, 0.15) is 22.8 Å². The molecular formula is C16H13BrF2O2. The minimum atomic E-state index is -0.726. The molecule has 21 heavy (non-hydrogen) atoms. The summed E-state index contributed by atoms with van der Waals surface area (Å²) < 4.78 is 32.6. The van der Waals surface area contributed by atoms with Crippen molar-refractivity contribution in [2.24, 2.45) is 0 Å². The van der Waals surface area contributed by atoms with E-state index in [0.29, 0.717) is 17.9 Å². The summed E-state index contributed by atoms with van der Waals surface area (Å²) in [4.78, 5) is 12.3. The van der Waals surface area contributed by atoms with Crippen molar-refractivity contribution in [3.63, 3.8) is 0 Å². The fraction of sp³-hybridized carbons (Fsp3) is 0.188. The van der Waals surface area contributed by atoms with Crippen molar-refractivity contribution >= 4 is 21.7 Å². The molecule has 110 valence electrons. The highest BCUT2D eigenvalue weighted by Gasteiger charge is 2.16. The van der Waals surface area contributed by atoms with Gasteiger partial charge in [-0.25, -0.2) is 8.78 Å². The Morgan fingerprint density at radius 1 is 1.19 bits per heavy atom. The lowest BCUT2D eigenvalue weighted by atomic mass is 10.0. The molecule has 0 aliphatic heterocycles. The third-order valence-corrected chi connectivity index (χ3v) is 3.40. The van der Waals surface area contributed by atoms with Gasteiger partial charge in [0, 0.05) is 17.0 Å².